The predicted molar refractivity (Wildman–Crippen MR) is 95.4 cm³/mol. The number of hydrogen-bond acceptors (Lipinski definition) is 3. The quantitative estimate of drug-likeness (QED) is 0.574. The minimum atomic E-state index is -1.45. The smallest absolute Gasteiger partial charge is 0.335 e. The van der Waals surface area contributed by atoms with Gasteiger partial charge in [-0.2, -0.15) is 0 Å². The van der Waals surface area contributed by atoms with Crippen molar-refractivity contribution in [3.63, 3.8) is 0 Å². The Hall–Kier alpha value is -1.76. The Labute approximate surface area is 140 Å². The maximum Gasteiger partial charge on any atom is 0.335 e. The standard InChI is InChI=1S/C17H24N2O3S/c1-5-13(10-11-18-4)19-23(22)16-9-7-8-15(14(16)6-2)12(3)17(20)21/h6-9,13,18-19H,2-3,5,10-11H2,1,4H3,(H,20,21). The largest absolute Gasteiger partial charge is 0.478 e. The van der Waals surface area contributed by atoms with Crippen molar-refractivity contribution in [2.24, 2.45) is 0 Å². The molecule has 23 heavy (non-hydrogen) atoms. The second-order valence-corrected chi connectivity index (χ2v) is 6.30. The van der Waals surface area contributed by atoms with Gasteiger partial charge in [-0.1, -0.05) is 38.3 Å². The first-order chi connectivity index (χ1) is 11.0. The van der Waals surface area contributed by atoms with Crippen LogP contribution in [0.2, 0.25) is 0 Å². The van der Waals surface area contributed by atoms with Crippen LogP contribution in [0.4, 0.5) is 0 Å². The minimum Gasteiger partial charge on any atom is -0.478 e. The van der Waals surface area contributed by atoms with Crippen LogP contribution >= 0.6 is 0 Å². The molecule has 0 aliphatic rings. The summed E-state index contributed by atoms with van der Waals surface area (Å²) in [6.07, 6.45) is 3.22. The zero-order valence-corrected chi connectivity index (χ0v) is 14.4. The molecule has 0 amide bonds. The summed E-state index contributed by atoms with van der Waals surface area (Å²) in [4.78, 5) is 11.7. The lowest BCUT2D eigenvalue weighted by Crippen LogP contribution is -2.33. The Bertz CT molecular complexity index is 614. The number of benzene rings is 1. The summed E-state index contributed by atoms with van der Waals surface area (Å²) >= 11 is 0. The van der Waals surface area contributed by atoms with E-state index < -0.39 is 17.0 Å². The van der Waals surface area contributed by atoms with Crippen LogP contribution in [0.15, 0.2) is 36.3 Å². The fourth-order valence-electron chi connectivity index (χ4n) is 2.17. The maximum atomic E-state index is 12.7. The Morgan fingerprint density at radius 2 is 2.17 bits per heavy atom. The van der Waals surface area contributed by atoms with Gasteiger partial charge in [0.15, 0.2) is 0 Å². The molecule has 0 saturated carbocycles. The van der Waals surface area contributed by atoms with Crippen LogP contribution < -0.4 is 10.0 Å². The van der Waals surface area contributed by atoms with Gasteiger partial charge in [0.05, 0.1) is 10.5 Å². The molecule has 2 unspecified atom stereocenters. The van der Waals surface area contributed by atoms with Crippen LogP contribution in [0.5, 0.6) is 0 Å². The van der Waals surface area contributed by atoms with Gasteiger partial charge in [0.2, 0.25) is 0 Å². The molecular weight excluding hydrogens is 312 g/mol. The molecule has 0 aromatic heterocycles. The molecule has 0 fully saturated rings. The van der Waals surface area contributed by atoms with E-state index in [2.05, 4.69) is 23.2 Å². The van der Waals surface area contributed by atoms with Crippen molar-refractivity contribution in [3.05, 3.63) is 42.5 Å². The predicted octanol–water partition coefficient (Wildman–Crippen LogP) is 2.43. The molecule has 1 aromatic rings. The average molecular weight is 336 g/mol. The van der Waals surface area contributed by atoms with Gasteiger partial charge in [-0.15, -0.1) is 0 Å². The van der Waals surface area contributed by atoms with Crippen molar-refractivity contribution in [1.29, 1.82) is 0 Å². The monoisotopic (exact) mass is 336 g/mol. The SMILES string of the molecule is C=Cc1c(C(=C)C(=O)O)cccc1S(=O)NC(CC)CCNC. The number of carbonyl (C=O) groups is 1. The van der Waals surface area contributed by atoms with Gasteiger partial charge in [0.25, 0.3) is 0 Å². The molecule has 0 bridgehead atoms. The molecule has 0 spiro atoms. The third-order valence-corrected chi connectivity index (χ3v) is 4.87. The number of carboxylic acids is 1. The summed E-state index contributed by atoms with van der Waals surface area (Å²) in [5.74, 6) is -1.11. The van der Waals surface area contributed by atoms with E-state index in [-0.39, 0.29) is 11.6 Å². The first-order valence-corrected chi connectivity index (χ1v) is 8.61. The number of carboxylic acid groups (broad SMARTS) is 1. The second-order valence-electron chi connectivity index (χ2n) is 5.09. The fraction of sp³-hybridized carbons (Fsp3) is 0.353. The van der Waals surface area contributed by atoms with E-state index in [0.717, 1.165) is 19.4 Å². The van der Waals surface area contributed by atoms with Crippen LogP contribution in [-0.2, 0) is 15.8 Å². The molecule has 5 nitrogen and oxygen atoms in total. The average Bonchev–Trinajstić information content (AvgIpc) is 2.56. The normalized spacial score (nSPS) is 13.3. The summed E-state index contributed by atoms with van der Waals surface area (Å²) in [5.41, 5.74) is 0.929. The molecule has 2 atom stereocenters. The third kappa shape index (κ3) is 5.13. The molecule has 0 aliphatic heterocycles. The van der Waals surface area contributed by atoms with Crippen molar-refractivity contribution in [1.82, 2.24) is 10.0 Å². The molecular formula is C17H24N2O3S. The third-order valence-electron chi connectivity index (χ3n) is 3.56. The molecule has 1 aromatic carbocycles. The van der Waals surface area contributed by atoms with Gasteiger partial charge in [-0.3, -0.25) is 0 Å². The van der Waals surface area contributed by atoms with E-state index in [1.807, 2.05) is 14.0 Å². The van der Waals surface area contributed by atoms with Crippen molar-refractivity contribution in [2.75, 3.05) is 13.6 Å². The molecule has 0 radical (unpaired) electrons. The van der Waals surface area contributed by atoms with E-state index in [4.69, 9.17) is 5.11 Å². The van der Waals surface area contributed by atoms with E-state index >= 15 is 0 Å². The highest BCUT2D eigenvalue weighted by atomic mass is 32.2. The number of aliphatic carboxylic acids is 1. The number of hydrogen-bond donors (Lipinski definition) is 3. The van der Waals surface area contributed by atoms with Crippen molar-refractivity contribution in [3.8, 4) is 0 Å². The highest BCUT2D eigenvalue weighted by Gasteiger charge is 2.18. The summed E-state index contributed by atoms with van der Waals surface area (Å²) in [6.45, 7) is 10.2. The highest BCUT2D eigenvalue weighted by molar-refractivity contribution is 7.83. The Morgan fingerprint density at radius 3 is 2.70 bits per heavy atom. The molecule has 0 saturated heterocycles. The Morgan fingerprint density at radius 1 is 1.48 bits per heavy atom. The maximum absolute atomic E-state index is 12.7. The lowest BCUT2D eigenvalue weighted by atomic mass is 10.0. The summed E-state index contributed by atoms with van der Waals surface area (Å²) in [7, 11) is 0.424. The minimum absolute atomic E-state index is 0.0408. The van der Waals surface area contributed by atoms with E-state index in [1.54, 1.807) is 18.2 Å². The van der Waals surface area contributed by atoms with E-state index in [9.17, 15) is 9.00 Å². The van der Waals surface area contributed by atoms with Crippen LogP contribution in [-0.4, -0.2) is 34.9 Å². The van der Waals surface area contributed by atoms with Crippen molar-refractivity contribution >= 4 is 28.6 Å². The summed E-state index contributed by atoms with van der Waals surface area (Å²) in [5, 5.41) is 12.2. The molecule has 6 heteroatoms. The van der Waals surface area contributed by atoms with Crippen LogP contribution in [0.25, 0.3) is 11.6 Å². The Kier molecular flexibility index (Phi) is 7.88. The van der Waals surface area contributed by atoms with Gasteiger partial charge in [-0.05, 0) is 43.6 Å². The van der Waals surface area contributed by atoms with Crippen LogP contribution in [0.1, 0.15) is 30.9 Å². The molecule has 0 heterocycles. The summed E-state index contributed by atoms with van der Waals surface area (Å²) < 4.78 is 15.8. The van der Waals surface area contributed by atoms with Crippen molar-refractivity contribution < 1.29 is 14.1 Å². The lowest BCUT2D eigenvalue weighted by molar-refractivity contribution is -0.130. The molecule has 0 aliphatic carbocycles. The Balaban J connectivity index is 3.09. The summed E-state index contributed by atoms with van der Waals surface area (Å²) in [6, 6.07) is 5.14. The molecule has 126 valence electrons. The second kappa shape index (κ2) is 9.39. The van der Waals surface area contributed by atoms with Crippen LogP contribution in [0, 0.1) is 0 Å². The van der Waals surface area contributed by atoms with E-state index in [0.29, 0.717) is 16.0 Å². The van der Waals surface area contributed by atoms with Gasteiger partial charge in [0, 0.05) is 6.04 Å². The fourth-order valence-corrected chi connectivity index (χ4v) is 3.48. The topological polar surface area (TPSA) is 78.4 Å². The number of nitrogens with one attached hydrogen (secondary N) is 2. The lowest BCUT2D eigenvalue weighted by Gasteiger charge is -2.18. The molecule has 3 N–H and O–H groups in total. The highest BCUT2D eigenvalue weighted by Crippen LogP contribution is 2.25. The molecule has 1 rings (SSSR count). The van der Waals surface area contributed by atoms with Crippen LogP contribution in [0.3, 0.4) is 0 Å². The first-order valence-electron chi connectivity index (χ1n) is 7.46. The van der Waals surface area contributed by atoms with Gasteiger partial charge in [-0.25, -0.2) is 13.7 Å². The van der Waals surface area contributed by atoms with Gasteiger partial charge in [0.1, 0.15) is 11.0 Å². The zero-order chi connectivity index (χ0) is 17.4. The zero-order valence-electron chi connectivity index (χ0n) is 13.6. The van der Waals surface area contributed by atoms with Crippen molar-refractivity contribution in [2.45, 2.75) is 30.7 Å². The first kappa shape index (κ1) is 19.3. The van der Waals surface area contributed by atoms with E-state index in [1.165, 1.54) is 6.08 Å². The number of rotatable bonds is 10. The van der Waals surface area contributed by atoms with Gasteiger partial charge >= 0.3 is 5.97 Å². The van der Waals surface area contributed by atoms with Gasteiger partial charge < -0.3 is 10.4 Å².